The molecule has 0 radical (unpaired) electrons. The van der Waals surface area contributed by atoms with Crippen LogP contribution in [0.3, 0.4) is 0 Å². The van der Waals surface area contributed by atoms with Gasteiger partial charge < -0.3 is 10.5 Å². The third-order valence-electron chi connectivity index (χ3n) is 3.54. The van der Waals surface area contributed by atoms with E-state index < -0.39 is 0 Å². The Bertz CT molecular complexity index is 436. The zero-order valence-electron chi connectivity index (χ0n) is 10.8. The summed E-state index contributed by atoms with van der Waals surface area (Å²) in [6, 6.07) is 4.33. The molecule has 1 fully saturated rings. The second kappa shape index (κ2) is 6.39. The van der Waals surface area contributed by atoms with Crippen molar-refractivity contribution in [2.45, 2.75) is 31.6 Å². The lowest BCUT2D eigenvalue weighted by Crippen LogP contribution is -1.99. The van der Waals surface area contributed by atoms with E-state index >= 15 is 0 Å². The van der Waals surface area contributed by atoms with Crippen LogP contribution in [0.4, 0.5) is 0 Å². The van der Waals surface area contributed by atoms with Gasteiger partial charge in [0.1, 0.15) is 5.75 Å². The highest BCUT2D eigenvalue weighted by atomic mass is 79.9. The Kier molecular flexibility index (Phi) is 4.84. The Morgan fingerprint density at radius 2 is 2.11 bits per heavy atom. The highest BCUT2D eigenvalue weighted by Crippen LogP contribution is 2.42. The molecule has 1 aromatic rings. The molecular formula is C15H20BrNO. The smallest absolute Gasteiger partial charge is 0.136 e. The molecule has 0 bridgehead atoms. The Hall–Kier alpha value is -0.800. The Morgan fingerprint density at radius 1 is 1.39 bits per heavy atom. The van der Waals surface area contributed by atoms with Crippen molar-refractivity contribution < 1.29 is 4.74 Å². The minimum Gasteiger partial charge on any atom is -0.495 e. The number of hydrogen-bond acceptors (Lipinski definition) is 2. The Labute approximate surface area is 117 Å². The Morgan fingerprint density at radius 3 is 2.72 bits per heavy atom. The van der Waals surface area contributed by atoms with Gasteiger partial charge in [0.15, 0.2) is 0 Å². The normalized spacial score (nSPS) is 16.6. The molecule has 0 saturated heterocycles. The average molecular weight is 310 g/mol. The third-order valence-corrected chi connectivity index (χ3v) is 4.13. The molecule has 0 aromatic heterocycles. The summed E-state index contributed by atoms with van der Waals surface area (Å²) in [7, 11) is 1.74. The largest absolute Gasteiger partial charge is 0.495 e. The summed E-state index contributed by atoms with van der Waals surface area (Å²) in [6.45, 7) is 0.572. The number of benzene rings is 1. The molecule has 0 aliphatic heterocycles. The van der Waals surface area contributed by atoms with Crippen LogP contribution in [0.2, 0.25) is 0 Å². The molecule has 1 aliphatic rings. The molecular weight excluding hydrogens is 290 g/mol. The molecule has 2 nitrogen and oxygen atoms in total. The first kappa shape index (κ1) is 13.6. The van der Waals surface area contributed by atoms with Crippen LogP contribution in [0.15, 0.2) is 22.7 Å². The van der Waals surface area contributed by atoms with E-state index in [1.807, 2.05) is 6.08 Å². The van der Waals surface area contributed by atoms with Crippen LogP contribution in [-0.4, -0.2) is 13.7 Å². The van der Waals surface area contributed by atoms with Gasteiger partial charge in [-0.3, -0.25) is 0 Å². The highest BCUT2D eigenvalue weighted by molar-refractivity contribution is 9.10. The summed E-state index contributed by atoms with van der Waals surface area (Å²) in [5.74, 6) is 1.63. The van der Waals surface area contributed by atoms with Gasteiger partial charge in [0.05, 0.1) is 11.6 Å². The number of ether oxygens (including phenoxy) is 1. The second-order valence-electron chi connectivity index (χ2n) is 4.74. The van der Waals surface area contributed by atoms with Gasteiger partial charge >= 0.3 is 0 Å². The van der Waals surface area contributed by atoms with E-state index in [4.69, 9.17) is 10.5 Å². The predicted molar refractivity (Wildman–Crippen MR) is 80.0 cm³/mol. The SMILES string of the molecule is COc1c(Br)cc(/C=C/CN)cc1C1CCCC1. The molecule has 0 spiro atoms. The molecule has 98 valence electrons. The van der Waals surface area contributed by atoms with E-state index in [9.17, 15) is 0 Å². The van der Waals surface area contributed by atoms with Crippen LogP contribution in [0.25, 0.3) is 6.08 Å². The fourth-order valence-corrected chi connectivity index (χ4v) is 3.35. The maximum Gasteiger partial charge on any atom is 0.136 e. The molecule has 2 rings (SSSR count). The quantitative estimate of drug-likeness (QED) is 0.909. The van der Waals surface area contributed by atoms with Gasteiger partial charge in [-0.25, -0.2) is 0 Å². The van der Waals surface area contributed by atoms with Crippen LogP contribution < -0.4 is 10.5 Å². The summed E-state index contributed by atoms with van der Waals surface area (Å²) in [4.78, 5) is 0. The van der Waals surface area contributed by atoms with Gasteiger partial charge in [0, 0.05) is 6.54 Å². The molecule has 2 N–H and O–H groups in total. The standard InChI is InChI=1S/C15H20BrNO/c1-18-15-13(12-6-2-3-7-12)9-11(5-4-8-17)10-14(15)16/h4-5,9-10,12H,2-3,6-8,17H2,1H3/b5-4+. The predicted octanol–water partition coefficient (Wildman–Crippen LogP) is 4.09. The minimum atomic E-state index is 0.572. The lowest BCUT2D eigenvalue weighted by atomic mass is 9.94. The maximum absolute atomic E-state index is 5.55. The summed E-state index contributed by atoms with van der Waals surface area (Å²) >= 11 is 3.61. The monoisotopic (exact) mass is 309 g/mol. The van der Waals surface area contributed by atoms with Gasteiger partial charge in [0.2, 0.25) is 0 Å². The van der Waals surface area contributed by atoms with Crippen molar-refractivity contribution in [3.05, 3.63) is 33.8 Å². The van der Waals surface area contributed by atoms with E-state index in [0.29, 0.717) is 12.5 Å². The van der Waals surface area contributed by atoms with Crippen molar-refractivity contribution in [3.63, 3.8) is 0 Å². The fourth-order valence-electron chi connectivity index (χ4n) is 2.69. The summed E-state index contributed by atoms with van der Waals surface area (Å²) in [6.07, 6.45) is 9.25. The molecule has 0 amide bonds. The topological polar surface area (TPSA) is 35.2 Å². The van der Waals surface area contributed by atoms with Crippen molar-refractivity contribution in [3.8, 4) is 5.75 Å². The molecule has 0 unspecified atom stereocenters. The van der Waals surface area contributed by atoms with Crippen molar-refractivity contribution in [2.24, 2.45) is 5.73 Å². The molecule has 1 aliphatic carbocycles. The van der Waals surface area contributed by atoms with Crippen LogP contribution in [0, 0.1) is 0 Å². The van der Waals surface area contributed by atoms with Crippen LogP contribution in [-0.2, 0) is 0 Å². The number of halogens is 1. The van der Waals surface area contributed by atoms with Crippen LogP contribution in [0.5, 0.6) is 5.75 Å². The van der Waals surface area contributed by atoms with Gasteiger partial charge in [-0.2, -0.15) is 0 Å². The molecule has 18 heavy (non-hydrogen) atoms. The lowest BCUT2D eigenvalue weighted by molar-refractivity contribution is 0.402. The molecule has 0 heterocycles. The molecule has 1 saturated carbocycles. The molecule has 3 heteroatoms. The first-order chi connectivity index (χ1) is 8.76. The van der Waals surface area contributed by atoms with Crippen molar-refractivity contribution in [2.75, 3.05) is 13.7 Å². The third kappa shape index (κ3) is 2.96. The number of nitrogens with two attached hydrogens (primary N) is 1. The lowest BCUT2D eigenvalue weighted by Gasteiger charge is -2.17. The number of methoxy groups -OCH3 is 1. The second-order valence-corrected chi connectivity index (χ2v) is 5.60. The van der Waals surface area contributed by atoms with Crippen molar-refractivity contribution in [1.82, 2.24) is 0 Å². The van der Waals surface area contributed by atoms with Gasteiger partial charge in [0.25, 0.3) is 0 Å². The van der Waals surface area contributed by atoms with E-state index in [1.165, 1.54) is 36.8 Å². The summed E-state index contributed by atoms with van der Waals surface area (Å²) < 4.78 is 6.59. The van der Waals surface area contributed by atoms with Gasteiger partial charge in [-0.05, 0) is 57.9 Å². The summed E-state index contributed by atoms with van der Waals surface area (Å²) in [5, 5.41) is 0. The van der Waals surface area contributed by atoms with Crippen LogP contribution >= 0.6 is 15.9 Å². The van der Waals surface area contributed by atoms with Gasteiger partial charge in [-0.15, -0.1) is 0 Å². The van der Waals surface area contributed by atoms with E-state index in [2.05, 4.69) is 34.1 Å². The summed E-state index contributed by atoms with van der Waals surface area (Å²) in [5.41, 5.74) is 8.03. The molecule has 0 atom stereocenters. The van der Waals surface area contributed by atoms with Gasteiger partial charge in [-0.1, -0.05) is 25.0 Å². The van der Waals surface area contributed by atoms with Crippen molar-refractivity contribution in [1.29, 1.82) is 0 Å². The number of rotatable bonds is 4. The van der Waals surface area contributed by atoms with E-state index in [0.717, 1.165) is 10.2 Å². The zero-order chi connectivity index (χ0) is 13.0. The average Bonchev–Trinajstić information content (AvgIpc) is 2.89. The zero-order valence-corrected chi connectivity index (χ0v) is 12.4. The maximum atomic E-state index is 5.55. The van der Waals surface area contributed by atoms with Crippen LogP contribution in [0.1, 0.15) is 42.7 Å². The van der Waals surface area contributed by atoms with E-state index in [-0.39, 0.29) is 0 Å². The minimum absolute atomic E-state index is 0.572. The first-order valence-corrected chi connectivity index (χ1v) is 7.29. The first-order valence-electron chi connectivity index (χ1n) is 6.50. The fraction of sp³-hybridized carbons (Fsp3) is 0.467. The Balaban J connectivity index is 2.39. The highest BCUT2D eigenvalue weighted by Gasteiger charge is 2.22. The van der Waals surface area contributed by atoms with Crippen molar-refractivity contribution >= 4 is 22.0 Å². The number of hydrogen-bond donors (Lipinski definition) is 1. The van der Waals surface area contributed by atoms with E-state index in [1.54, 1.807) is 7.11 Å². The molecule has 1 aromatic carbocycles.